The van der Waals surface area contributed by atoms with E-state index in [4.69, 9.17) is 14.6 Å². The quantitative estimate of drug-likeness (QED) is 0.272. The highest BCUT2D eigenvalue weighted by molar-refractivity contribution is 6.46. The molecule has 2 aliphatic rings. The van der Waals surface area contributed by atoms with Crippen LogP contribution in [0.25, 0.3) is 5.76 Å². The molecule has 0 aliphatic carbocycles. The van der Waals surface area contributed by atoms with E-state index in [2.05, 4.69) is 0 Å². The Bertz CT molecular complexity index is 1120. The lowest BCUT2D eigenvalue weighted by molar-refractivity contribution is -0.140. The Morgan fingerprint density at radius 2 is 1.73 bits per heavy atom. The number of hydrogen-bond acceptors (Lipinski definition) is 6. The van der Waals surface area contributed by atoms with Gasteiger partial charge in [0, 0.05) is 18.5 Å². The topological polar surface area (TPSA) is 113 Å². The zero-order valence-electron chi connectivity index (χ0n) is 18.2. The zero-order valence-corrected chi connectivity index (χ0v) is 18.2. The largest absolute Gasteiger partial charge is 0.507 e. The van der Waals surface area contributed by atoms with Crippen molar-refractivity contribution >= 4 is 23.4 Å². The first-order valence-electron chi connectivity index (χ1n) is 10.8. The minimum absolute atomic E-state index is 0.0215. The first-order chi connectivity index (χ1) is 15.9. The van der Waals surface area contributed by atoms with Crippen LogP contribution in [0.3, 0.4) is 0 Å². The molecular formula is C25H25NO7. The van der Waals surface area contributed by atoms with Crippen LogP contribution in [0.15, 0.2) is 48.0 Å². The van der Waals surface area contributed by atoms with Gasteiger partial charge >= 0.3 is 5.97 Å². The second kappa shape index (κ2) is 9.36. The van der Waals surface area contributed by atoms with E-state index in [0.29, 0.717) is 41.9 Å². The van der Waals surface area contributed by atoms with Crippen molar-refractivity contribution in [3.63, 3.8) is 0 Å². The van der Waals surface area contributed by atoms with E-state index in [0.717, 1.165) is 5.56 Å². The van der Waals surface area contributed by atoms with Crippen molar-refractivity contribution in [2.75, 3.05) is 13.3 Å². The van der Waals surface area contributed by atoms with Gasteiger partial charge in [0.15, 0.2) is 11.5 Å². The predicted octanol–water partition coefficient (Wildman–Crippen LogP) is 3.79. The molecule has 2 N–H and O–H groups in total. The number of benzene rings is 2. The summed E-state index contributed by atoms with van der Waals surface area (Å²) in [5.41, 5.74) is 2.09. The fourth-order valence-corrected chi connectivity index (χ4v) is 4.14. The van der Waals surface area contributed by atoms with Crippen LogP contribution in [-0.2, 0) is 14.4 Å². The van der Waals surface area contributed by atoms with Crippen molar-refractivity contribution < 1.29 is 34.1 Å². The van der Waals surface area contributed by atoms with E-state index in [1.54, 1.807) is 30.3 Å². The van der Waals surface area contributed by atoms with Crippen molar-refractivity contribution in [2.24, 2.45) is 0 Å². The third kappa shape index (κ3) is 4.55. The van der Waals surface area contributed by atoms with Crippen molar-refractivity contribution in [1.29, 1.82) is 0 Å². The van der Waals surface area contributed by atoms with Gasteiger partial charge in [-0.3, -0.25) is 14.4 Å². The molecule has 4 rings (SSSR count). The van der Waals surface area contributed by atoms with Gasteiger partial charge in [-0.15, -0.1) is 0 Å². The smallest absolute Gasteiger partial charge is 0.303 e. The third-order valence-electron chi connectivity index (χ3n) is 5.87. The molecule has 172 valence electrons. The fraction of sp³-hybridized carbons (Fsp3) is 0.320. The van der Waals surface area contributed by atoms with Crippen LogP contribution in [0.5, 0.6) is 11.5 Å². The molecule has 2 heterocycles. The van der Waals surface area contributed by atoms with Gasteiger partial charge in [-0.2, -0.15) is 0 Å². The van der Waals surface area contributed by atoms with Crippen LogP contribution in [0.1, 0.15) is 48.4 Å². The van der Waals surface area contributed by atoms with Crippen molar-refractivity contribution in [3.05, 3.63) is 64.7 Å². The fourth-order valence-electron chi connectivity index (χ4n) is 4.14. The number of carbonyl (C=O) groups is 3. The number of carboxylic acids is 1. The number of aliphatic hydroxyl groups excluding tert-OH is 1. The number of aliphatic carboxylic acids is 1. The van der Waals surface area contributed by atoms with Crippen LogP contribution in [0.4, 0.5) is 0 Å². The number of nitrogens with zero attached hydrogens (tertiary/aromatic N) is 1. The van der Waals surface area contributed by atoms with Crippen LogP contribution in [0.2, 0.25) is 0 Å². The Kier molecular flexibility index (Phi) is 6.35. The minimum Gasteiger partial charge on any atom is -0.507 e. The number of carbonyl (C=O) groups excluding carboxylic acids is 2. The number of aliphatic hydroxyl groups is 1. The average Bonchev–Trinajstić information content (AvgIpc) is 3.36. The van der Waals surface area contributed by atoms with Gasteiger partial charge in [0.25, 0.3) is 11.7 Å². The molecule has 0 bridgehead atoms. The number of Topliss-reactive ketones (excluding diaryl/α,β-unsaturated/α-hetero) is 1. The molecule has 8 heteroatoms. The van der Waals surface area contributed by atoms with Crippen LogP contribution < -0.4 is 9.47 Å². The molecular weight excluding hydrogens is 426 g/mol. The van der Waals surface area contributed by atoms with Gasteiger partial charge in [0.2, 0.25) is 6.79 Å². The summed E-state index contributed by atoms with van der Waals surface area (Å²) in [5, 5.41) is 19.9. The SMILES string of the molecule is Cc1ccc(C(O)=C2C(=O)C(=O)N(CCCCCC(=O)O)C2c2ccc3c(c2)OCO3)cc1. The molecule has 1 atom stereocenters. The Morgan fingerprint density at radius 1 is 1.00 bits per heavy atom. The van der Waals surface area contributed by atoms with E-state index >= 15 is 0 Å². The maximum Gasteiger partial charge on any atom is 0.303 e. The first-order valence-corrected chi connectivity index (χ1v) is 10.8. The Balaban J connectivity index is 1.70. The molecule has 0 radical (unpaired) electrons. The number of hydrogen-bond donors (Lipinski definition) is 2. The number of amides is 1. The van der Waals surface area contributed by atoms with Gasteiger partial charge < -0.3 is 24.6 Å². The highest BCUT2D eigenvalue weighted by Crippen LogP contribution is 2.43. The molecule has 2 aliphatic heterocycles. The molecule has 0 saturated carbocycles. The minimum atomic E-state index is -0.867. The number of unbranched alkanes of at least 4 members (excludes halogenated alkanes) is 2. The molecule has 2 aromatic carbocycles. The summed E-state index contributed by atoms with van der Waals surface area (Å²) in [7, 11) is 0. The average molecular weight is 451 g/mol. The predicted molar refractivity (Wildman–Crippen MR) is 119 cm³/mol. The highest BCUT2D eigenvalue weighted by Gasteiger charge is 2.46. The second-order valence-corrected chi connectivity index (χ2v) is 8.18. The van der Waals surface area contributed by atoms with Gasteiger partial charge in [-0.1, -0.05) is 42.3 Å². The standard InChI is InChI=1S/C25H25NO7/c1-15-6-8-16(9-7-15)23(29)21-22(17-10-11-18-19(13-17)33-14-32-18)26(25(31)24(21)30)12-4-2-3-5-20(27)28/h6-11,13,22,29H,2-5,12,14H2,1H3,(H,27,28). The highest BCUT2D eigenvalue weighted by atomic mass is 16.7. The lowest BCUT2D eigenvalue weighted by Crippen LogP contribution is -2.30. The summed E-state index contributed by atoms with van der Waals surface area (Å²) in [6, 6.07) is 11.5. The van der Waals surface area contributed by atoms with Crippen molar-refractivity contribution in [1.82, 2.24) is 4.90 Å². The first kappa shape index (κ1) is 22.4. The van der Waals surface area contributed by atoms with E-state index in [-0.39, 0.29) is 31.1 Å². The number of likely N-dealkylation sites (tertiary alicyclic amines) is 1. The van der Waals surface area contributed by atoms with Crippen LogP contribution >= 0.6 is 0 Å². The Morgan fingerprint density at radius 3 is 2.45 bits per heavy atom. The Labute approximate surface area is 191 Å². The molecule has 1 fully saturated rings. The third-order valence-corrected chi connectivity index (χ3v) is 5.87. The van der Waals surface area contributed by atoms with Gasteiger partial charge in [-0.25, -0.2) is 0 Å². The lowest BCUT2D eigenvalue weighted by Gasteiger charge is -2.25. The van der Waals surface area contributed by atoms with E-state index in [1.807, 2.05) is 19.1 Å². The number of fused-ring (bicyclic) bond motifs is 1. The molecule has 8 nitrogen and oxygen atoms in total. The molecule has 1 saturated heterocycles. The van der Waals surface area contributed by atoms with Gasteiger partial charge in [0.05, 0.1) is 11.6 Å². The lowest BCUT2D eigenvalue weighted by atomic mass is 9.94. The maximum atomic E-state index is 13.1. The van der Waals surface area contributed by atoms with Crippen LogP contribution in [0, 0.1) is 6.92 Å². The van der Waals surface area contributed by atoms with Crippen molar-refractivity contribution in [3.8, 4) is 11.5 Å². The number of ether oxygens (including phenoxy) is 2. The number of carboxylic acid groups (broad SMARTS) is 1. The summed E-state index contributed by atoms with van der Waals surface area (Å²) < 4.78 is 10.8. The summed E-state index contributed by atoms with van der Waals surface area (Å²) in [6.07, 6.45) is 1.67. The summed E-state index contributed by atoms with van der Waals surface area (Å²) in [5.74, 6) is -1.46. The number of ketones is 1. The summed E-state index contributed by atoms with van der Waals surface area (Å²) >= 11 is 0. The molecule has 1 unspecified atom stereocenters. The van der Waals surface area contributed by atoms with E-state index in [1.165, 1.54) is 4.90 Å². The van der Waals surface area contributed by atoms with Crippen molar-refractivity contribution in [2.45, 2.75) is 38.6 Å². The molecule has 2 aromatic rings. The summed E-state index contributed by atoms with van der Waals surface area (Å²) in [6.45, 7) is 2.26. The zero-order chi connectivity index (χ0) is 23.5. The summed E-state index contributed by atoms with van der Waals surface area (Å²) in [4.78, 5) is 38.2. The second-order valence-electron chi connectivity index (χ2n) is 8.18. The van der Waals surface area contributed by atoms with Gasteiger partial charge in [0.1, 0.15) is 5.76 Å². The maximum absolute atomic E-state index is 13.1. The molecule has 0 spiro atoms. The molecule has 33 heavy (non-hydrogen) atoms. The Hall–Kier alpha value is -3.81. The van der Waals surface area contributed by atoms with Gasteiger partial charge in [-0.05, 0) is 37.5 Å². The van der Waals surface area contributed by atoms with Crippen LogP contribution in [-0.4, -0.2) is 46.1 Å². The molecule has 1 amide bonds. The van der Waals surface area contributed by atoms with E-state index < -0.39 is 23.7 Å². The number of rotatable bonds is 8. The monoisotopic (exact) mass is 451 g/mol. The normalized spacial score (nSPS) is 18.7. The van der Waals surface area contributed by atoms with E-state index in [9.17, 15) is 19.5 Å². The number of aryl methyl sites for hydroxylation is 1. The molecule has 0 aromatic heterocycles.